The molecule has 1 aliphatic rings. The number of hydrogen-bond donors (Lipinski definition) is 2. The Bertz CT molecular complexity index is 1270. The van der Waals surface area contributed by atoms with Gasteiger partial charge in [0.25, 0.3) is 11.7 Å². The number of methoxy groups -OCH3 is 1. The number of nitrogens with zero attached hydrogens (tertiary/aromatic N) is 1. The zero-order valence-corrected chi connectivity index (χ0v) is 18.2. The van der Waals surface area contributed by atoms with Crippen LogP contribution in [0.15, 0.2) is 84.4 Å². The highest BCUT2D eigenvalue weighted by molar-refractivity contribution is 6.51. The summed E-state index contributed by atoms with van der Waals surface area (Å²) in [4.78, 5) is 38.4. The summed E-state index contributed by atoms with van der Waals surface area (Å²) in [5.74, 6) is -2.20. The molecule has 0 aliphatic carbocycles. The molecule has 0 radical (unpaired) electrons. The van der Waals surface area contributed by atoms with E-state index >= 15 is 0 Å². The normalized spacial score (nSPS) is 17.0. The molecule has 0 unspecified atom stereocenters. The van der Waals surface area contributed by atoms with E-state index < -0.39 is 30.3 Å². The van der Waals surface area contributed by atoms with E-state index in [9.17, 15) is 19.5 Å². The Labute approximate surface area is 195 Å². The molecule has 4 rings (SSSR count). The number of ether oxygens (including phenoxy) is 2. The average Bonchev–Trinajstić information content (AvgIpc) is 3.13. The molecular formula is C26H21NO7. The number of carbonyl (C=O) groups is 3. The maximum Gasteiger partial charge on any atom is 0.341 e. The highest BCUT2D eigenvalue weighted by atomic mass is 16.5. The van der Waals surface area contributed by atoms with Crippen LogP contribution in [0, 0.1) is 0 Å². The van der Waals surface area contributed by atoms with Gasteiger partial charge in [-0.15, -0.1) is 0 Å². The Morgan fingerprint density at radius 1 is 0.912 bits per heavy atom. The van der Waals surface area contributed by atoms with Crippen LogP contribution in [0.5, 0.6) is 11.5 Å². The summed E-state index contributed by atoms with van der Waals surface area (Å²) >= 11 is 0. The number of aliphatic carboxylic acids is 1. The number of aliphatic hydroxyl groups is 1. The maximum atomic E-state index is 13.2. The second kappa shape index (κ2) is 9.50. The molecule has 1 heterocycles. The average molecular weight is 459 g/mol. The van der Waals surface area contributed by atoms with E-state index in [-0.39, 0.29) is 11.3 Å². The predicted octanol–water partition coefficient (Wildman–Crippen LogP) is 3.78. The number of benzene rings is 3. The van der Waals surface area contributed by atoms with Gasteiger partial charge in [0.15, 0.2) is 6.61 Å². The minimum atomic E-state index is -1.12. The number of Topliss-reactive ketones (excluding diaryl/α,β-unsaturated/α-hetero) is 1. The fourth-order valence-corrected chi connectivity index (χ4v) is 3.83. The lowest BCUT2D eigenvalue weighted by molar-refractivity contribution is -0.139. The summed E-state index contributed by atoms with van der Waals surface area (Å²) in [5.41, 5.74) is 1.31. The largest absolute Gasteiger partial charge is 0.507 e. The molecular weight excluding hydrogens is 438 g/mol. The molecule has 1 saturated heterocycles. The van der Waals surface area contributed by atoms with Gasteiger partial charge in [-0.3, -0.25) is 14.5 Å². The van der Waals surface area contributed by atoms with Crippen LogP contribution in [0.3, 0.4) is 0 Å². The lowest BCUT2D eigenvalue weighted by atomic mass is 9.95. The fourth-order valence-electron chi connectivity index (χ4n) is 3.83. The Morgan fingerprint density at radius 2 is 1.62 bits per heavy atom. The third-order valence-corrected chi connectivity index (χ3v) is 5.38. The first-order valence-electron chi connectivity index (χ1n) is 10.4. The van der Waals surface area contributed by atoms with Crippen LogP contribution in [-0.4, -0.2) is 41.6 Å². The first-order valence-corrected chi connectivity index (χ1v) is 10.4. The second-order valence-electron chi connectivity index (χ2n) is 7.49. The van der Waals surface area contributed by atoms with Gasteiger partial charge in [0.2, 0.25) is 0 Å². The van der Waals surface area contributed by atoms with E-state index in [1.54, 1.807) is 66.7 Å². The molecule has 172 valence electrons. The molecule has 0 aromatic heterocycles. The van der Waals surface area contributed by atoms with Crippen molar-refractivity contribution in [1.29, 1.82) is 0 Å². The van der Waals surface area contributed by atoms with Crippen molar-refractivity contribution in [3.63, 3.8) is 0 Å². The first-order chi connectivity index (χ1) is 16.4. The molecule has 34 heavy (non-hydrogen) atoms. The molecule has 3 aromatic carbocycles. The highest BCUT2D eigenvalue weighted by Crippen LogP contribution is 2.43. The number of rotatable bonds is 7. The number of carboxylic acids is 1. The topological polar surface area (TPSA) is 113 Å². The molecule has 8 nitrogen and oxygen atoms in total. The Hall–Kier alpha value is -4.59. The molecule has 3 aromatic rings. The van der Waals surface area contributed by atoms with Crippen molar-refractivity contribution in [2.24, 2.45) is 0 Å². The lowest BCUT2D eigenvalue weighted by Gasteiger charge is -2.26. The second-order valence-corrected chi connectivity index (χ2v) is 7.49. The zero-order chi connectivity index (χ0) is 24.2. The summed E-state index contributed by atoms with van der Waals surface area (Å²) in [5, 5.41) is 19.9. The number of carbonyl (C=O) groups excluding carboxylic acids is 2. The number of ketones is 1. The van der Waals surface area contributed by atoms with Crippen molar-refractivity contribution >= 4 is 29.1 Å². The van der Waals surface area contributed by atoms with E-state index in [0.717, 1.165) is 0 Å². The van der Waals surface area contributed by atoms with E-state index in [2.05, 4.69) is 0 Å². The molecule has 1 fully saturated rings. The Kier molecular flexibility index (Phi) is 6.31. The Balaban J connectivity index is 1.84. The van der Waals surface area contributed by atoms with Crippen LogP contribution in [0.25, 0.3) is 5.76 Å². The minimum Gasteiger partial charge on any atom is -0.507 e. The van der Waals surface area contributed by atoms with Gasteiger partial charge >= 0.3 is 5.97 Å². The van der Waals surface area contributed by atoms with Crippen LogP contribution in [0.2, 0.25) is 0 Å². The van der Waals surface area contributed by atoms with Gasteiger partial charge in [0.05, 0.1) is 18.7 Å². The van der Waals surface area contributed by atoms with Crippen LogP contribution >= 0.6 is 0 Å². The third-order valence-electron chi connectivity index (χ3n) is 5.38. The number of carboxylic acid groups (broad SMARTS) is 1. The van der Waals surface area contributed by atoms with Crippen molar-refractivity contribution in [2.75, 3.05) is 18.6 Å². The molecule has 1 atom stereocenters. The van der Waals surface area contributed by atoms with Gasteiger partial charge in [0.1, 0.15) is 17.3 Å². The quantitative estimate of drug-likeness (QED) is 0.314. The smallest absolute Gasteiger partial charge is 0.341 e. The minimum absolute atomic E-state index is 0.0457. The summed E-state index contributed by atoms with van der Waals surface area (Å²) < 4.78 is 10.5. The van der Waals surface area contributed by atoms with Crippen LogP contribution in [0.4, 0.5) is 5.69 Å². The summed E-state index contributed by atoms with van der Waals surface area (Å²) in [6.07, 6.45) is 0. The van der Waals surface area contributed by atoms with Crippen LogP contribution < -0.4 is 14.4 Å². The van der Waals surface area contributed by atoms with E-state index in [1.165, 1.54) is 24.1 Å². The third kappa shape index (κ3) is 4.33. The molecule has 8 heteroatoms. The van der Waals surface area contributed by atoms with Crippen molar-refractivity contribution in [3.8, 4) is 11.5 Å². The number of hydrogen-bond acceptors (Lipinski definition) is 6. The lowest BCUT2D eigenvalue weighted by Crippen LogP contribution is -2.29. The van der Waals surface area contributed by atoms with Crippen LogP contribution in [-0.2, 0) is 14.4 Å². The number of aliphatic hydroxyl groups excluding tert-OH is 1. The molecule has 1 amide bonds. The summed E-state index contributed by atoms with van der Waals surface area (Å²) in [6, 6.07) is 20.7. The number of anilines is 1. The van der Waals surface area contributed by atoms with E-state index in [4.69, 9.17) is 14.6 Å². The van der Waals surface area contributed by atoms with Crippen molar-refractivity contribution in [2.45, 2.75) is 6.04 Å². The standard InChI is InChI=1S/C26H21NO7/c1-33-20-9-5-8-17(14-20)23-22(24(30)16-6-3-2-4-7-16)25(31)26(32)27(23)18-10-12-19(13-11-18)34-15-21(28)29/h2-14,23,30H,15H2,1H3,(H,28,29)/t23-/m0/s1. The van der Waals surface area contributed by atoms with Gasteiger partial charge in [0, 0.05) is 11.3 Å². The van der Waals surface area contributed by atoms with Gasteiger partial charge in [-0.25, -0.2) is 4.79 Å². The predicted molar refractivity (Wildman–Crippen MR) is 124 cm³/mol. The monoisotopic (exact) mass is 459 g/mol. The number of amides is 1. The fraction of sp³-hybridized carbons (Fsp3) is 0.115. The van der Waals surface area contributed by atoms with Gasteiger partial charge in [-0.2, -0.15) is 0 Å². The van der Waals surface area contributed by atoms with Crippen molar-refractivity contribution < 1.29 is 34.1 Å². The molecule has 1 aliphatic heterocycles. The molecule has 0 saturated carbocycles. The molecule has 0 spiro atoms. The molecule has 2 N–H and O–H groups in total. The summed E-state index contributed by atoms with van der Waals surface area (Å²) in [6.45, 7) is -0.509. The zero-order valence-electron chi connectivity index (χ0n) is 18.2. The first kappa shape index (κ1) is 22.6. The van der Waals surface area contributed by atoms with Crippen molar-refractivity contribution in [3.05, 3.63) is 95.6 Å². The van der Waals surface area contributed by atoms with E-state index in [0.29, 0.717) is 28.3 Å². The van der Waals surface area contributed by atoms with Crippen molar-refractivity contribution in [1.82, 2.24) is 0 Å². The Morgan fingerprint density at radius 3 is 2.26 bits per heavy atom. The van der Waals surface area contributed by atoms with Gasteiger partial charge in [-0.1, -0.05) is 42.5 Å². The summed E-state index contributed by atoms with van der Waals surface area (Å²) in [7, 11) is 1.51. The van der Waals surface area contributed by atoms with Gasteiger partial charge in [-0.05, 0) is 42.0 Å². The highest BCUT2D eigenvalue weighted by Gasteiger charge is 2.47. The van der Waals surface area contributed by atoms with Crippen LogP contribution in [0.1, 0.15) is 17.2 Å². The maximum absolute atomic E-state index is 13.2. The molecule has 0 bridgehead atoms. The SMILES string of the molecule is COc1cccc([C@H]2C(=C(O)c3ccccc3)C(=O)C(=O)N2c2ccc(OCC(=O)O)cc2)c1. The van der Waals surface area contributed by atoms with E-state index in [1.807, 2.05) is 0 Å². The van der Waals surface area contributed by atoms with Gasteiger partial charge < -0.3 is 19.7 Å².